The predicted octanol–water partition coefficient (Wildman–Crippen LogP) is 3.03. The van der Waals surface area contributed by atoms with Crippen molar-refractivity contribution in [1.29, 1.82) is 0 Å². The van der Waals surface area contributed by atoms with Crippen LogP contribution in [0.4, 0.5) is 0 Å². The lowest BCUT2D eigenvalue weighted by Gasteiger charge is -2.33. The van der Waals surface area contributed by atoms with Crippen molar-refractivity contribution in [3.63, 3.8) is 0 Å². The zero-order valence-electron chi connectivity index (χ0n) is 11.9. The van der Waals surface area contributed by atoms with Gasteiger partial charge in [0.2, 0.25) is 0 Å². The first-order valence-corrected chi connectivity index (χ1v) is 7.22. The van der Waals surface area contributed by atoms with E-state index < -0.39 is 6.10 Å². The molecule has 1 unspecified atom stereocenters. The first-order chi connectivity index (χ1) is 9.07. The summed E-state index contributed by atoms with van der Waals surface area (Å²) in [5.74, 6) is 0.846. The van der Waals surface area contributed by atoms with Crippen molar-refractivity contribution in [2.75, 3.05) is 6.54 Å². The number of nitrogens with two attached hydrogens (primary N) is 1. The molecule has 1 saturated carbocycles. The highest BCUT2D eigenvalue weighted by Gasteiger charge is 2.40. The third-order valence-electron chi connectivity index (χ3n) is 4.15. The van der Waals surface area contributed by atoms with E-state index in [0.29, 0.717) is 6.54 Å². The number of ether oxygens (including phenoxy) is 1. The minimum atomic E-state index is -0.465. The summed E-state index contributed by atoms with van der Waals surface area (Å²) >= 11 is 0. The monoisotopic (exact) mass is 263 g/mol. The van der Waals surface area contributed by atoms with Gasteiger partial charge in [0.05, 0.1) is 12.2 Å². The number of hydrogen-bond donors (Lipinski definition) is 2. The van der Waals surface area contributed by atoms with E-state index in [1.54, 1.807) is 0 Å². The Morgan fingerprint density at radius 2 is 1.79 bits per heavy atom. The predicted molar refractivity (Wildman–Crippen MR) is 77.1 cm³/mol. The molecule has 0 heterocycles. The van der Waals surface area contributed by atoms with Crippen LogP contribution >= 0.6 is 0 Å². The second kappa shape index (κ2) is 5.93. The molecule has 0 aromatic heterocycles. The van der Waals surface area contributed by atoms with Gasteiger partial charge in [-0.1, -0.05) is 25.0 Å². The second-order valence-electron chi connectivity index (χ2n) is 5.91. The average Bonchev–Trinajstić information content (AvgIpc) is 2.88. The summed E-state index contributed by atoms with van der Waals surface area (Å²) < 4.78 is 5.62. The molecule has 1 aliphatic rings. The van der Waals surface area contributed by atoms with E-state index in [0.717, 1.165) is 24.2 Å². The maximum atomic E-state index is 10.6. The van der Waals surface area contributed by atoms with Crippen molar-refractivity contribution in [2.24, 2.45) is 11.1 Å². The number of hydrogen-bond acceptors (Lipinski definition) is 3. The van der Waals surface area contributed by atoms with Crippen molar-refractivity contribution >= 4 is 0 Å². The van der Waals surface area contributed by atoms with E-state index in [2.05, 4.69) is 0 Å². The Bertz CT molecular complexity index is 394. The average molecular weight is 263 g/mol. The minimum Gasteiger partial charge on any atom is -0.491 e. The normalized spacial score (nSPS) is 19.6. The topological polar surface area (TPSA) is 55.5 Å². The van der Waals surface area contributed by atoms with E-state index in [-0.39, 0.29) is 11.5 Å². The van der Waals surface area contributed by atoms with Gasteiger partial charge >= 0.3 is 0 Å². The lowest BCUT2D eigenvalue weighted by molar-refractivity contribution is 0.0333. The van der Waals surface area contributed by atoms with Crippen molar-refractivity contribution in [3.05, 3.63) is 29.8 Å². The van der Waals surface area contributed by atoms with Gasteiger partial charge in [0, 0.05) is 12.0 Å². The van der Waals surface area contributed by atoms with Crippen LogP contribution in [0, 0.1) is 5.41 Å². The molecular formula is C16H25NO2. The van der Waals surface area contributed by atoms with Crippen LogP contribution in [0.2, 0.25) is 0 Å². The van der Waals surface area contributed by atoms with Gasteiger partial charge in [-0.15, -0.1) is 0 Å². The van der Waals surface area contributed by atoms with Crippen molar-refractivity contribution < 1.29 is 9.84 Å². The molecule has 3 heteroatoms. The zero-order valence-corrected chi connectivity index (χ0v) is 11.9. The van der Waals surface area contributed by atoms with Crippen LogP contribution in [0.1, 0.15) is 51.2 Å². The van der Waals surface area contributed by atoms with Crippen LogP contribution in [0.3, 0.4) is 0 Å². The van der Waals surface area contributed by atoms with Gasteiger partial charge < -0.3 is 15.6 Å². The molecule has 3 nitrogen and oxygen atoms in total. The van der Waals surface area contributed by atoms with Gasteiger partial charge in [0.25, 0.3) is 0 Å². The summed E-state index contributed by atoms with van der Waals surface area (Å²) in [7, 11) is 0. The molecule has 1 atom stereocenters. The Morgan fingerprint density at radius 1 is 1.21 bits per heavy atom. The van der Waals surface area contributed by atoms with Crippen LogP contribution in [0.25, 0.3) is 0 Å². The van der Waals surface area contributed by atoms with E-state index in [1.807, 2.05) is 38.1 Å². The van der Waals surface area contributed by atoms with Crippen LogP contribution in [0.15, 0.2) is 24.3 Å². The summed E-state index contributed by atoms with van der Waals surface area (Å²) in [6.07, 6.45) is 4.09. The van der Waals surface area contributed by atoms with Gasteiger partial charge in [-0.25, -0.2) is 0 Å². The highest BCUT2D eigenvalue weighted by molar-refractivity contribution is 5.30. The Kier molecular flexibility index (Phi) is 4.48. The van der Waals surface area contributed by atoms with Crippen molar-refractivity contribution in [2.45, 2.75) is 51.7 Å². The molecule has 1 aliphatic carbocycles. The van der Waals surface area contributed by atoms with Gasteiger partial charge in [0.1, 0.15) is 5.75 Å². The molecular weight excluding hydrogens is 238 g/mol. The molecule has 0 saturated heterocycles. The number of rotatable bonds is 5. The Morgan fingerprint density at radius 3 is 2.26 bits per heavy atom. The number of benzene rings is 1. The molecule has 1 fully saturated rings. The summed E-state index contributed by atoms with van der Waals surface area (Å²) in [5, 5.41) is 10.6. The lowest BCUT2D eigenvalue weighted by atomic mass is 9.77. The third-order valence-corrected chi connectivity index (χ3v) is 4.15. The van der Waals surface area contributed by atoms with E-state index in [4.69, 9.17) is 10.5 Å². The van der Waals surface area contributed by atoms with Crippen LogP contribution in [-0.4, -0.2) is 17.8 Å². The number of aliphatic hydroxyl groups excluding tert-OH is 1. The maximum absolute atomic E-state index is 10.6. The molecule has 19 heavy (non-hydrogen) atoms. The molecule has 106 valence electrons. The third kappa shape index (κ3) is 3.10. The summed E-state index contributed by atoms with van der Waals surface area (Å²) in [6, 6.07) is 7.77. The fourth-order valence-corrected chi connectivity index (χ4v) is 3.02. The smallest absolute Gasteiger partial charge is 0.119 e. The van der Waals surface area contributed by atoms with Gasteiger partial charge in [-0.3, -0.25) is 0 Å². The van der Waals surface area contributed by atoms with Crippen molar-refractivity contribution in [3.8, 4) is 5.75 Å². The molecule has 0 radical (unpaired) electrons. The number of aliphatic hydroxyl groups is 1. The quantitative estimate of drug-likeness (QED) is 0.858. The first kappa shape index (κ1) is 14.4. The lowest BCUT2D eigenvalue weighted by Crippen LogP contribution is -2.34. The van der Waals surface area contributed by atoms with Gasteiger partial charge in [-0.05, 0) is 44.4 Å². The Balaban J connectivity index is 2.12. The fraction of sp³-hybridized carbons (Fsp3) is 0.625. The summed E-state index contributed by atoms with van der Waals surface area (Å²) in [5.41, 5.74) is 6.74. The van der Waals surface area contributed by atoms with Gasteiger partial charge in [-0.2, -0.15) is 0 Å². The molecule has 0 amide bonds. The molecule has 1 aromatic carbocycles. The molecule has 1 aromatic rings. The van der Waals surface area contributed by atoms with E-state index >= 15 is 0 Å². The zero-order chi connectivity index (χ0) is 13.9. The SMILES string of the molecule is CC(C)Oc1ccc(C(O)C2(CN)CCCC2)cc1. The summed E-state index contributed by atoms with van der Waals surface area (Å²) in [6.45, 7) is 4.56. The van der Waals surface area contributed by atoms with E-state index in [1.165, 1.54) is 12.8 Å². The highest BCUT2D eigenvalue weighted by atomic mass is 16.5. The van der Waals surface area contributed by atoms with Gasteiger partial charge in [0.15, 0.2) is 0 Å². The van der Waals surface area contributed by atoms with Crippen LogP contribution in [-0.2, 0) is 0 Å². The molecule has 2 rings (SSSR count). The van der Waals surface area contributed by atoms with E-state index in [9.17, 15) is 5.11 Å². The van der Waals surface area contributed by atoms with Crippen LogP contribution < -0.4 is 10.5 Å². The Labute approximate surface area is 115 Å². The molecule has 0 bridgehead atoms. The standard InChI is InChI=1S/C16H25NO2/c1-12(2)19-14-7-5-13(6-8-14)15(18)16(11-17)9-3-4-10-16/h5-8,12,15,18H,3-4,9-11,17H2,1-2H3. The second-order valence-corrected chi connectivity index (χ2v) is 5.91. The highest BCUT2D eigenvalue weighted by Crippen LogP contribution is 2.46. The van der Waals surface area contributed by atoms with Crippen molar-refractivity contribution in [1.82, 2.24) is 0 Å². The minimum absolute atomic E-state index is 0.125. The first-order valence-electron chi connectivity index (χ1n) is 7.22. The summed E-state index contributed by atoms with van der Waals surface area (Å²) in [4.78, 5) is 0. The Hall–Kier alpha value is -1.06. The molecule has 0 aliphatic heterocycles. The molecule has 0 spiro atoms. The maximum Gasteiger partial charge on any atom is 0.119 e. The molecule has 3 N–H and O–H groups in total. The van der Waals surface area contributed by atoms with Crippen LogP contribution in [0.5, 0.6) is 5.75 Å². The fourth-order valence-electron chi connectivity index (χ4n) is 3.02. The largest absolute Gasteiger partial charge is 0.491 e.